The molecule has 1 aliphatic rings. The van der Waals surface area contributed by atoms with E-state index in [2.05, 4.69) is 5.32 Å². The van der Waals surface area contributed by atoms with Crippen molar-refractivity contribution in [2.45, 2.75) is 31.6 Å². The van der Waals surface area contributed by atoms with Gasteiger partial charge in [0.15, 0.2) is 0 Å². The molecule has 0 saturated heterocycles. The Morgan fingerprint density at radius 3 is 2.62 bits per heavy atom. The normalized spacial score (nSPS) is 14.0. The molecule has 0 saturated carbocycles. The van der Waals surface area contributed by atoms with Gasteiger partial charge in [0.25, 0.3) is 10.0 Å². The summed E-state index contributed by atoms with van der Waals surface area (Å²) in [4.78, 5) is 11.7. The van der Waals surface area contributed by atoms with Crippen molar-refractivity contribution in [3.63, 3.8) is 0 Å². The molecule has 0 aliphatic carbocycles. The number of benzene rings is 2. The van der Waals surface area contributed by atoms with E-state index in [9.17, 15) is 13.2 Å². The summed E-state index contributed by atoms with van der Waals surface area (Å²) in [6.45, 7) is 4.10. The van der Waals surface area contributed by atoms with Crippen molar-refractivity contribution in [1.82, 2.24) is 0 Å². The van der Waals surface area contributed by atoms with Crippen LogP contribution in [0.5, 0.6) is 0 Å². The van der Waals surface area contributed by atoms with Crippen LogP contribution in [0.1, 0.15) is 24.5 Å². The predicted molar refractivity (Wildman–Crippen MR) is 94.8 cm³/mol. The van der Waals surface area contributed by atoms with Crippen LogP contribution in [0, 0.1) is 6.92 Å². The summed E-state index contributed by atoms with van der Waals surface area (Å²) in [7, 11) is -3.65. The van der Waals surface area contributed by atoms with Gasteiger partial charge in [0, 0.05) is 18.7 Å². The number of anilines is 2. The number of hydrogen-bond donors (Lipinski definition) is 1. The van der Waals surface area contributed by atoms with Crippen LogP contribution < -0.4 is 9.62 Å². The Labute approximate surface area is 142 Å². The van der Waals surface area contributed by atoms with Gasteiger partial charge in [-0.25, -0.2) is 8.42 Å². The average molecular weight is 344 g/mol. The monoisotopic (exact) mass is 344 g/mol. The summed E-state index contributed by atoms with van der Waals surface area (Å²) >= 11 is 0. The van der Waals surface area contributed by atoms with E-state index >= 15 is 0 Å². The lowest BCUT2D eigenvalue weighted by Gasteiger charge is -2.24. The highest BCUT2D eigenvalue weighted by atomic mass is 32.2. The minimum atomic E-state index is -3.65. The number of rotatable bonds is 4. The van der Waals surface area contributed by atoms with Gasteiger partial charge in [-0.05, 0) is 61.7 Å². The van der Waals surface area contributed by atoms with E-state index in [4.69, 9.17) is 0 Å². The van der Waals surface area contributed by atoms with E-state index in [0.29, 0.717) is 30.8 Å². The standard InChI is InChI=1S/C18H20N2O3S/c1-3-20(15-6-4-5-13(2)11-15)24(22,23)16-8-9-17-14(12-16)7-10-18(21)19-17/h4-6,8-9,11-12H,3,7,10H2,1-2H3,(H,19,21). The molecule has 3 rings (SSSR count). The van der Waals surface area contributed by atoms with Crippen molar-refractivity contribution >= 4 is 27.3 Å². The number of carbonyl (C=O) groups is 1. The Hall–Kier alpha value is -2.34. The number of fused-ring (bicyclic) bond motifs is 1. The van der Waals surface area contributed by atoms with Crippen LogP contribution in [0.4, 0.5) is 11.4 Å². The highest BCUT2D eigenvalue weighted by Gasteiger charge is 2.25. The molecule has 126 valence electrons. The Kier molecular flexibility index (Phi) is 4.32. The van der Waals surface area contributed by atoms with Crippen LogP contribution in [0.2, 0.25) is 0 Å². The minimum Gasteiger partial charge on any atom is -0.326 e. The molecule has 0 radical (unpaired) electrons. The van der Waals surface area contributed by atoms with Gasteiger partial charge in [0.1, 0.15) is 0 Å². The maximum absolute atomic E-state index is 13.1. The molecule has 1 N–H and O–H groups in total. The maximum Gasteiger partial charge on any atom is 0.264 e. The van der Waals surface area contributed by atoms with Crippen molar-refractivity contribution in [2.75, 3.05) is 16.2 Å². The summed E-state index contributed by atoms with van der Waals surface area (Å²) in [5, 5.41) is 2.77. The van der Waals surface area contributed by atoms with Crippen LogP contribution >= 0.6 is 0 Å². The van der Waals surface area contributed by atoms with E-state index in [1.54, 1.807) is 24.3 Å². The summed E-state index contributed by atoms with van der Waals surface area (Å²) in [6.07, 6.45) is 0.937. The third kappa shape index (κ3) is 3.01. The fourth-order valence-corrected chi connectivity index (χ4v) is 4.44. The maximum atomic E-state index is 13.1. The summed E-state index contributed by atoms with van der Waals surface area (Å²) in [6, 6.07) is 12.3. The molecule has 2 aromatic carbocycles. The van der Waals surface area contributed by atoms with Crippen LogP contribution in [0.3, 0.4) is 0 Å². The zero-order chi connectivity index (χ0) is 17.3. The molecule has 0 unspecified atom stereocenters. The lowest BCUT2D eigenvalue weighted by molar-refractivity contribution is -0.116. The largest absolute Gasteiger partial charge is 0.326 e. The zero-order valence-corrected chi connectivity index (χ0v) is 14.6. The van der Waals surface area contributed by atoms with Gasteiger partial charge in [-0.1, -0.05) is 12.1 Å². The number of hydrogen-bond acceptors (Lipinski definition) is 3. The van der Waals surface area contributed by atoms with Gasteiger partial charge >= 0.3 is 0 Å². The second-order valence-electron chi connectivity index (χ2n) is 5.88. The number of carbonyl (C=O) groups excluding carboxylic acids is 1. The molecule has 0 spiro atoms. The van der Waals surface area contributed by atoms with Crippen molar-refractivity contribution in [3.8, 4) is 0 Å². The molecule has 24 heavy (non-hydrogen) atoms. The molecule has 0 aromatic heterocycles. The molecular weight excluding hydrogens is 324 g/mol. The molecule has 1 heterocycles. The summed E-state index contributed by atoms with van der Waals surface area (Å²) in [5.74, 6) is -0.0342. The molecule has 1 amide bonds. The highest BCUT2D eigenvalue weighted by Crippen LogP contribution is 2.29. The first kappa shape index (κ1) is 16.5. The highest BCUT2D eigenvalue weighted by molar-refractivity contribution is 7.92. The fourth-order valence-electron chi connectivity index (χ4n) is 2.92. The SMILES string of the molecule is CCN(c1cccc(C)c1)S(=O)(=O)c1ccc2c(c1)CCC(=O)N2. The number of sulfonamides is 1. The van der Waals surface area contributed by atoms with Gasteiger partial charge < -0.3 is 5.32 Å². The van der Waals surface area contributed by atoms with Crippen LogP contribution in [-0.4, -0.2) is 20.9 Å². The van der Waals surface area contributed by atoms with E-state index in [-0.39, 0.29) is 10.8 Å². The van der Waals surface area contributed by atoms with E-state index in [0.717, 1.165) is 11.1 Å². The van der Waals surface area contributed by atoms with E-state index < -0.39 is 10.0 Å². The first-order valence-electron chi connectivity index (χ1n) is 7.94. The molecule has 1 aliphatic heterocycles. The van der Waals surface area contributed by atoms with Gasteiger partial charge in [0.2, 0.25) is 5.91 Å². The quantitative estimate of drug-likeness (QED) is 0.927. The average Bonchev–Trinajstić information content (AvgIpc) is 2.54. The van der Waals surface area contributed by atoms with Crippen LogP contribution in [0.15, 0.2) is 47.4 Å². The predicted octanol–water partition coefficient (Wildman–Crippen LogP) is 3.09. The Balaban J connectivity index is 2.02. The zero-order valence-electron chi connectivity index (χ0n) is 13.7. The molecule has 6 heteroatoms. The second kappa shape index (κ2) is 6.28. The first-order chi connectivity index (χ1) is 11.4. The lowest BCUT2D eigenvalue weighted by atomic mass is 10.0. The minimum absolute atomic E-state index is 0.0342. The Morgan fingerprint density at radius 1 is 1.12 bits per heavy atom. The Morgan fingerprint density at radius 2 is 1.92 bits per heavy atom. The van der Waals surface area contributed by atoms with Crippen molar-refractivity contribution < 1.29 is 13.2 Å². The lowest BCUT2D eigenvalue weighted by Crippen LogP contribution is -2.31. The molecule has 5 nitrogen and oxygen atoms in total. The number of nitrogens with zero attached hydrogens (tertiary/aromatic N) is 1. The number of aryl methyl sites for hydroxylation is 2. The number of nitrogens with one attached hydrogen (secondary N) is 1. The molecule has 0 fully saturated rings. The molecular formula is C18H20N2O3S. The van der Waals surface area contributed by atoms with Crippen LogP contribution in [0.25, 0.3) is 0 Å². The van der Waals surface area contributed by atoms with E-state index in [1.165, 1.54) is 4.31 Å². The van der Waals surface area contributed by atoms with Gasteiger partial charge in [0.05, 0.1) is 10.6 Å². The first-order valence-corrected chi connectivity index (χ1v) is 9.38. The number of amides is 1. The molecule has 2 aromatic rings. The summed E-state index contributed by atoms with van der Waals surface area (Å²) < 4.78 is 27.5. The smallest absolute Gasteiger partial charge is 0.264 e. The van der Waals surface area contributed by atoms with Gasteiger partial charge in [-0.15, -0.1) is 0 Å². The van der Waals surface area contributed by atoms with Gasteiger partial charge in [-0.3, -0.25) is 9.10 Å². The van der Waals surface area contributed by atoms with Crippen LogP contribution in [-0.2, 0) is 21.2 Å². The third-order valence-electron chi connectivity index (χ3n) is 4.14. The molecule has 0 atom stereocenters. The third-order valence-corrected chi connectivity index (χ3v) is 6.04. The van der Waals surface area contributed by atoms with E-state index in [1.807, 2.05) is 32.0 Å². The second-order valence-corrected chi connectivity index (χ2v) is 7.74. The topological polar surface area (TPSA) is 66.5 Å². The fraction of sp³-hybridized carbons (Fsp3) is 0.278. The van der Waals surface area contributed by atoms with Crippen molar-refractivity contribution in [1.29, 1.82) is 0 Å². The summed E-state index contributed by atoms with van der Waals surface area (Å²) in [5.41, 5.74) is 3.22. The van der Waals surface area contributed by atoms with Crippen molar-refractivity contribution in [3.05, 3.63) is 53.6 Å². The van der Waals surface area contributed by atoms with Gasteiger partial charge in [-0.2, -0.15) is 0 Å². The molecule has 0 bridgehead atoms. The van der Waals surface area contributed by atoms with Crippen molar-refractivity contribution in [2.24, 2.45) is 0 Å². The Bertz CT molecular complexity index is 891.